The van der Waals surface area contributed by atoms with E-state index in [-0.39, 0.29) is 30.4 Å². The zero-order valence-electron chi connectivity index (χ0n) is 15.3. The summed E-state index contributed by atoms with van der Waals surface area (Å²) in [6.45, 7) is 1.99. The Balaban J connectivity index is 1.76. The molecule has 1 aliphatic carbocycles. The van der Waals surface area contributed by atoms with Gasteiger partial charge in [-0.05, 0) is 37.0 Å². The molecule has 1 heterocycles. The predicted molar refractivity (Wildman–Crippen MR) is 100 cm³/mol. The fraction of sp³-hybridized carbons (Fsp3) is 0.545. The number of hydrogen-bond acceptors (Lipinski definition) is 3. The van der Waals surface area contributed by atoms with Gasteiger partial charge in [0.1, 0.15) is 6.04 Å². The smallest absolute Gasteiger partial charge is 0.227 e. The number of aliphatic hydroxyl groups excluding tert-OH is 1. The van der Waals surface area contributed by atoms with Crippen molar-refractivity contribution in [3.05, 3.63) is 35.4 Å². The summed E-state index contributed by atoms with van der Waals surface area (Å²) in [4.78, 5) is 14.4. The molecule has 3 rings (SSSR count). The summed E-state index contributed by atoms with van der Waals surface area (Å²) < 4.78 is 0. The maximum absolute atomic E-state index is 12.8. The van der Waals surface area contributed by atoms with E-state index < -0.39 is 6.04 Å². The zero-order valence-corrected chi connectivity index (χ0v) is 15.3. The highest BCUT2D eigenvalue weighted by molar-refractivity contribution is 5.82. The molecule has 2 fully saturated rings. The lowest BCUT2D eigenvalue weighted by Gasteiger charge is -2.52. The molecule has 2 aliphatic rings. The van der Waals surface area contributed by atoms with Gasteiger partial charge in [0, 0.05) is 23.8 Å². The van der Waals surface area contributed by atoms with Crippen LogP contribution >= 0.6 is 0 Å². The van der Waals surface area contributed by atoms with Crippen LogP contribution in [0.5, 0.6) is 0 Å². The first kappa shape index (κ1) is 18.5. The van der Waals surface area contributed by atoms with Crippen molar-refractivity contribution in [3.8, 4) is 17.9 Å². The molecule has 0 unspecified atom stereocenters. The van der Waals surface area contributed by atoms with Crippen LogP contribution in [0.25, 0.3) is 0 Å². The summed E-state index contributed by atoms with van der Waals surface area (Å²) in [6, 6.07) is 9.38. The Morgan fingerprint density at radius 1 is 1.27 bits per heavy atom. The zero-order chi connectivity index (χ0) is 18.5. The summed E-state index contributed by atoms with van der Waals surface area (Å²) in [7, 11) is 0. The van der Waals surface area contributed by atoms with E-state index in [0.717, 1.165) is 49.7 Å². The molecule has 1 saturated carbocycles. The number of rotatable bonds is 4. The van der Waals surface area contributed by atoms with Gasteiger partial charge in [-0.1, -0.05) is 43.7 Å². The molecule has 1 N–H and O–H groups in total. The Morgan fingerprint density at radius 3 is 2.54 bits per heavy atom. The van der Waals surface area contributed by atoms with E-state index in [1.54, 1.807) is 4.90 Å². The number of unbranched alkanes of at least 4 members (excludes halogenated alkanes) is 1. The van der Waals surface area contributed by atoms with Crippen molar-refractivity contribution in [2.24, 2.45) is 5.92 Å². The van der Waals surface area contributed by atoms with Crippen LogP contribution in [0, 0.1) is 29.1 Å². The first-order valence-electron chi connectivity index (χ1n) is 9.62. The van der Waals surface area contributed by atoms with Gasteiger partial charge in [-0.25, -0.2) is 0 Å². The monoisotopic (exact) mass is 350 g/mol. The van der Waals surface area contributed by atoms with E-state index in [9.17, 15) is 15.2 Å². The number of nitriles is 1. The van der Waals surface area contributed by atoms with Crippen molar-refractivity contribution in [2.45, 2.75) is 63.5 Å². The van der Waals surface area contributed by atoms with Crippen LogP contribution in [0.1, 0.15) is 62.5 Å². The predicted octanol–water partition coefficient (Wildman–Crippen LogP) is 3.21. The van der Waals surface area contributed by atoms with E-state index in [1.165, 1.54) is 0 Å². The highest BCUT2D eigenvalue weighted by Crippen LogP contribution is 2.42. The van der Waals surface area contributed by atoms with Crippen LogP contribution in [0.2, 0.25) is 0 Å². The van der Waals surface area contributed by atoms with E-state index >= 15 is 0 Å². The molecule has 1 aliphatic heterocycles. The maximum Gasteiger partial charge on any atom is 0.227 e. The van der Waals surface area contributed by atoms with Crippen molar-refractivity contribution in [1.82, 2.24) is 4.90 Å². The molecule has 4 heteroatoms. The Kier molecular flexibility index (Phi) is 5.96. The Labute approximate surface area is 155 Å². The number of nitrogens with zero attached hydrogens (tertiary/aromatic N) is 2. The highest BCUT2D eigenvalue weighted by Gasteiger charge is 2.52. The Morgan fingerprint density at radius 2 is 1.96 bits per heavy atom. The minimum absolute atomic E-state index is 0.0251. The van der Waals surface area contributed by atoms with Gasteiger partial charge in [0.05, 0.1) is 18.7 Å². The van der Waals surface area contributed by atoms with Gasteiger partial charge in [-0.2, -0.15) is 5.26 Å². The van der Waals surface area contributed by atoms with Crippen LogP contribution in [0.3, 0.4) is 0 Å². The lowest BCUT2D eigenvalue weighted by Crippen LogP contribution is -2.66. The highest BCUT2D eigenvalue weighted by atomic mass is 16.3. The number of amides is 1. The van der Waals surface area contributed by atoms with E-state index in [2.05, 4.69) is 24.8 Å². The fourth-order valence-corrected chi connectivity index (χ4v) is 4.17. The lowest BCUT2D eigenvalue weighted by atomic mass is 9.75. The van der Waals surface area contributed by atoms with E-state index in [4.69, 9.17) is 0 Å². The lowest BCUT2D eigenvalue weighted by molar-refractivity contribution is -0.151. The molecular formula is C22H26N2O2. The number of likely N-dealkylation sites (tertiary alicyclic amines) is 1. The van der Waals surface area contributed by atoms with Crippen molar-refractivity contribution in [3.63, 3.8) is 0 Å². The molecule has 0 aromatic heterocycles. The van der Waals surface area contributed by atoms with Gasteiger partial charge < -0.3 is 10.0 Å². The third-order valence-electron chi connectivity index (χ3n) is 5.59. The van der Waals surface area contributed by atoms with Crippen LogP contribution in [-0.4, -0.2) is 34.6 Å². The van der Waals surface area contributed by atoms with Gasteiger partial charge in [-0.15, -0.1) is 0 Å². The number of carbonyl (C=O) groups is 1. The summed E-state index contributed by atoms with van der Waals surface area (Å²) in [6.07, 6.45) is 5.89. The second-order valence-corrected chi connectivity index (χ2v) is 7.25. The summed E-state index contributed by atoms with van der Waals surface area (Å²) in [5, 5.41) is 19.5. The minimum Gasteiger partial charge on any atom is -0.394 e. The van der Waals surface area contributed by atoms with Crippen LogP contribution in [0.15, 0.2) is 24.3 Å². The van der Waals surface area contributed by atoms with Crippen LogP contribution < -0.4 is 0 Å². The second kappa shape index (κ2) is 8.39. The molecule has 1 saturated heterocycles. The molecular weight excluding hydrogens is 324 g/mol. The summed E-state index contributed by atoms with van der Waals surface area (Å²) in [5.41, 5.74) is 1.95. The standard InChI is InChI=1S/C22H26N2O2/c1-2-3-4-7-16-10-12-17(13-11-16)21-19(14-23)24(20(21)15-25)22(26)18-8-5-6-9-18/h10-13,18-21,25H,2-3,5-6,8-9,15H2,1H3/t19-,20-,21+/m0/s1. The molecule has 0 spiro atoms. The molecule has 0 radical (unpaired) electrons. The average molecular weight is 350 g/mol. The molecule has 1 amide bonds. The molecule has 0 bridgehead atoms. The topological polar surface area (TPSA) is 64.3 Å². The van der Waals surface area contributed by atoms with Gasteiger partial charge in [0.15, 0.2) is 0 Å². The van der Waals surface area contributed by atoms with Gasteiger partial charge >= 0.3 is 0 Å². The molecule has 136 valence electrons. The first-order valence-corrected chi connectivity index (χ1v) is 9.62. The molecule has 1 aromatic carbocycles. The van der Waals surface area contributed by atoms with Crippen LogP contribution in [-0.2, 0) is 4.79 Å². The number of aliphatic hydroxyl groups is 1. The SMILES string of the molecule is CCCC#Cc1ccc([C@@H]2[C@H](C#N)N(C(=O)C3CCCC3)[C@H]2CO)cc1. The number of carbonyl (C=O) groups excluding carboxylic acids is 1. The van der Waals surface area contributed by atoms with Crippen molar-refractivity contribution in [1.29, 1.82) is 5.26 Å². The molecule has 26 heavy (non-hydrogen) atoms. The Hall–Kier alpha value is -2.30. The molecule has 4 nitrogen and oxygen atoms in total. The van der Waals surface area contributed by atoms with Crippen LogP contribution in [0.4, 0.5) is 0 Å². The maximum atomic E-state index is 12.8. The van der Waals surface area contributed by atoms with Crippen molar-refractivity contribution in [2.75, 3.05) is 6.61 Å². The fourth-order valence-electron chi connectivity index (χ4n) is 4.17. The van der Waals surface area contributed by atoms with Crippen molar-refractivity contribution >= 4 is 5.91 Å². The van der Waals surface area contributed by atoms with E-state index in [0.29, 0.717) is 0 Å². The average Bonchev–Trinajstić information content (AvgIpc) is 3.18. The second-order valence-electron chi connectivity index (χ2n) is 7.25. The minimum atomic E-state index is -0.489. The third kappa shape index (κ3) is 3.48. The number of hydrogen-bond donors (Lipinski definition) is 1. The number of benzene rings is 1. The Bertz CT molecular complexity index is 732. The largest absolute Gasteiger partial charge is 0.394 e. The van der Waals surface area contributed by atoms with E-state index in [1.807, 2.05) is 24.3 Å². The normalized spacial score (nSPS) is 25.1. The van der Waals surface area contributed by atoms with Gasteiger partial charge in [-0.3, -0.25) is 4.79 Å². The van der Waals surface area contributed by atoms with Crippen molar-refractivity contribution < 1.29 is 9.90 Å². The van der Waals surface area contributed by atoms with Gasteiger partial charge in [0.25, 0.3) is 0 Å². The summed E-state index contributed by atoms with van der Waals surface area (Å²) >= 11 is 0. The first-order chi connectivity index (χ1) is 12.7. The molecule has 3 atom stereocenters. The molecule has 1 aromatic rings. The third-order valence-corrected chi connectivity index (χ3v) is 5.59. The quantitative estimate of drug-likeness (QED) is 0.848. The summed E-state index contributed by atoms with van der Waals surface area (Å²) in [5.74, 6) is 6.20. The van der Waals surface area contributed by atoms with Gasteiger partial charge in [0.2, 0.25) is 5.91 Å².